The van der Waals surface area contributed by atoms with E-state index in [1.165, 1.54) is 11.1 Å². The van der Waals surface area contributed by atoms with Crippen LogP contribution in [0, 0.1) is 0 Å². The van der Waals surface area contributed by atoms with Gasteiger partial charge in [-0.1, -0.05) is 133 Å². The zero-order valence-corrected chi connectivity index (χ0v) is 26.8. The fourth-order valence-electron chi connectivity index (χ4n) is 6.66. The summed E-state index contributed by atoms with van der Waals surface area (Å²) in [5.74, 6) is 0. The molecule has 8 rings (SSSR count). The molecule has 0 bridgehead atoms. The van der Waals surface area contributed by atoms with Crippen molar-refractivity contribution in [1.82, 2.24) is 19.9 Å². The van der Waals surface area contributed by atoms with E-state index in [0.717, 1.165) is 56.4 Å². The van der Waals surface area contributed by atoms with Crippen molar-refractivity contribution in [3.05, 3.63) is 217 Å². The van der Waals surface area contributed by atoms with Gasteiger partial charge in [-0.25, -0.2) is 9.97 Å². The molecule has 4 aromatic heterocycles. The second-order valence-corrected chi connectivity index (χ2v) is 11.9. The molecular formula is C45H32N4. The predicted octanol–water partition coefficient (Wildman–Crippen LogP) is 10.3. The Kier molecular flexibility index (Phi) is 8.11. The summed E-state index contributed by atoms with van der Waals surface area (Å²) in [6.07, 6.45) is 3.60. The first-order valence-electron chi connectivity index (χ1n) is 16.4. The molecule has 4 nitrogen and oxygen atoms in total. The molecule has 0 aliphatic heterocycles. The van der Waals surface area contributed by atoms with E-state index in [1.54, 1.807) is 12.4 Å². The van der Waals surface area contributed by atoms with Gasteiger partial charge >= 0.3 is 0 Å². The zero-order chi connectivity index (χ0) is 32.9. The van der Waals surface area contributed by atoms with E-state index in [-0.39, 0.29) is 0 Å². The highest BCUT2D eigenvalue weighted by Crippen LogP contribution is 2.46. The van der Waals surface area contributed by atoms with E-state index >= 15 is 0 Å². The largest absolute Gasteiger partial charge is 0.255 e. The van der Waals surface area contributed by atoms with E-state index in [0.29, 0.717) is 0 Å². The van der Waals surface area contributed by atoms with E-state index < -0.39 is 5.41 Å². The van der Waals surface area contributed by atoms with Crippen LogP contribution in [-0.4, -0.2) is 19.9 Å². The molecule has 0 radical (unpaired) electrons. The Morgan fingerprint density at radius 3 is 1.00 bits per heavy atom. The number of pyridine rings is 4. The fourth-order valence-corrected chi connectivity index (χ4v) is 6.66. The van der Waals surface area contributed by atoms with Crippen molar-refractivity contribution in [2.24, 2.45) is 0 Å². The SMILES string of the molecule is c1ccc(C(c2ccccc2)(c2ccc(-c3cccc(-c4ccccn4)n3)cc2)c2ccc(-c3cccc(-c4ccccn4)n3)cc2)cc1. The fraction of sp³-hybridized carbons (Fsp3) is 0.0222. The number of rotatable bonds is 8. The molecule has 4 heterocycles. The van der Waals surface area contributed by atoms with Crippen LogP contribution in [0.1, 0.15) is 22.3 Å². The average molecular weight is 629 g/mol. The Morgan fingerprint density at radius 1 is 0.265 bits per heavy atom. The van der Waals surface area contributed by atoms with Crippen LogP contribution in [0.25, 0.3) is 45.3 Å². The molecule has 8 aromatic rings. The van der Waals surface area contributed by atoms with Crippen LogP contribution in [0.4, 0.5) is 0 Å². The second kappa shape index (κ2) is 13.3. The van der Waals surface area contributed by atoms with Crippen LogP contribution in [0.2, 0.25) is 0 Å². The minimum Gasteiger partial charge on any atom is -0.255 e. The Bertz CT molecular complexity index is 2120. The molecule has 0 unspecified atom stereocenters. The molecule has 0 atom stereocenters. The summed E-state index contributed by atoms with van der Waals surface area (Å²) in [5, 5.41) is 0. The monoisotopic (exact) mass is 628 g/mol. The average Bonchev–Trinajstić information content (AvgIpc) is 3.20. The summed E-state index contributed by atoms with van der Waals surface area (Å²) in [5.41, 5.74) is 11.5. The first kappa shape index (κ1) is 29.9. The second-order valence-electron chi connectivity index (χ2n) is 11.9. The molecule has 4 aromatic carbocycles. The molecule has 0 N–H and O–H groups in total. The molecular weight excluding hydrogens is 597 g/mol. The van der Waals surface area contributed by atoms with Gasteiger partial charge in [-0.2, -0.15) is 0 Å². The lowest BCUT2D eigenvalue weighted by Crippen LogP contribution is -2.31. The van der Waals surface area contributed by atoms with E-state index in [2.05, 4.69) is 131 Å². The lowest BCUT2D eigenvalue weighted by Gasteiger charge is -2.37. The van der Waals surface area contributed by atoms with Crippen molar-refractivity contribution in [2.75, 3.05) is 0 Å². The maximum atomic E-state index is 4.97. The molecule has 0 saturated carbocycles. The zero-order valence-electron chi connectivity index (χ0n) is 26.8. The summed E-state index contributed by atoms with van der Waals surface area (Å²) in [6.45, 7) is 0. The Hall–Kier alpha value is -6.52. The highest BCUT2D eigenvalue weighted by Gasteiger charge is 2.38. The van der Waals surface area contributed by atoms with Gasteiger partial charge in [0, 0.05) is 23.5 Å². The number of benzene rings is 4. The third kappa shape index (κ3) is 5.81. The van der Waals surface area contributed by atoms with Crippen LogP contribution in [-0.2, 0) is 5.41 Å². The Balaban J connectivity index is 1.24. The summed E-state index contributed by atoms with van der Waals surface area (Å²) in [7, 11) is 0. The Labute approximate surface area is 286 Å². The number of hydrogen-bond donors (Lipinski definition) is 0. The van der Waals surface area contributed by atoms with Crippen molar-refractivity contribution < 1.29 is 0 Å². The minimum atomic E-state index is -0.577. The van der Waals surface area contributed by atoms with Crippen molar-refractivity contribution in [1.29, 1.82) is 0 Å². The molecule has 0 spiro atoms. The van der Waals surface area contributed by atoms with Gasteiger partial charge in [-0.3, -0.25) is 9.97 Å². The van der Waals surface area contributed by atoms with Crippen molar-refractivity contribution in [2.45, 2.75) is 5.41 Å². The first-order valence-corrected chi connectivity index (χ1v) is 16.4. The summed E-state index contributed by atoms with van der Waals surface area (Å²) < 4.78 is 0. The number of aromatic nitrogens is 4. The maximum Gasteiger partial charge on any atom is 0.0893 e. The molecule has 0 saturated heterocycles. The summed E-state index contributed by atoms with van der Waals surface area (Å²) in [6, 6.07) is 63.2. The molecule has 0 amide bonds. The van der Waals surface area contributed by atoms with Gasteiger partial charge in [0.1, 0.15) is 0 Å². The molecule has 4 heteroatoms. The van der Waals surface area contributed by atoms with Crippen LogP contribution < -0.4 is 0 Å². The highest BCUT2D eigenvalue weighted by atomic mass is 14.8. The third-order valence-corrected chi connectivity index (χ3v) is 8.99. The first-order chi connectivity index (χ1) is 24.3. The van der Waals surface area contributed by atoms with Gasteiger partial charge < -0.3 is 0 Å². The number of nitrogens with zero attached hydrogens (tertiary/aromatic N) is 4. The van der Waals surface area contributed by atoms with E-state index in [1.807, 2.05) is 60.7 Å². The minimum absolute atomic E-state index is 0.577. The Morgan fingerprint density at radius 2 is 0.612 bits per heavy atom. The van der Waals surface area contributed by atoms with Crippen LogP contribution in [0.3, 0.4) is 0 Å². The van der Waals surface area contributed by atoms with Crippen LogP contribution in [0.15, 0.2) is 194 Å². The summed E-state index contributed by atoms with van der Waals surface area (Å²) >= 11 is 0. The van der Waals surface area contributed by atoms with E-state index in [4.69, 9.17) is 9.97 Å². The van der Waals surface area contributed by atoms with Gasteiger partial charge in [0.15, 0.2) is 0 Å². The molecule has 0 aliphatic carbocycles. The lowest BCUT2D eigenvalue weighted by atomic mass is 9.65. The van der Waals surface area contributed by atoms with E-state index in [9.17, 15) is 0 Å². The molecule has 0 aliphatic rings. The van der Waals surface area contributed by atoms with Crippen molar-refractivity contribution >= 4 is 0 Å². The highest BCUT2D eigenvalue weighted by molar-refractivity contribution is 5.69. The van der Waals surface area contributed by atoms with Gasteiger partial charge in [0.2, 0.25) is 0 Å². The van der Waals surface area contributed by atoms with Gasteiger partial charge in [-0.05, 0) is 70.8 Å². The maximum absolute atomic E-state index is 4.97. The predicted molar refractivity (Wildman–Crippen MR) is 198 cm³/mol. The topological polar surface area (TPSA) is 51.6 Å². The van der Waals surface area contributed by atoms with Gasteiger partial charge in [-0.15, -0.1) is 0 Å². The third-order valence-electron chi connectivity index (χ3n) is 8.99. The number of hydrogen-bond acceptors (Lipinski definition) is 4. The van der Waals surface area contributed by atoms with Crippen LogP contribution >= 0.6 is 0 Å². The van der Waals surface area contributed by atoms with Crippen molar-refractivity contribution in [3.8, 4) is 45.3 Å². The quantitative estimate of drug-likeness (QED) is 0.157. The molecule has 232 valence electrons. The standard InChI is InChI=1S/C45H32N4/c1-3-13-35(14-4-1)45(36-15-5-2-6-16-36,37-27-23-33(24-28-37)39-19-11-21-43(48-39)41-17-7-9-31-46-41)38-29-25-34(26-30-38)40-20-12-22-44(49-40)42-18-8-10-32-47-42/h1-32H. The summed E-state index contributed by atoms with van der Waals surface area (Å²) in [4.78, 5) is 19.0. The van der Waals surface area contributed by atoms with Crippen molar-refractivity contribution in [3.63, 3.8) is 0 Å². The van der Waals surface area contributed by atoms with Gasteiger partial charge in [0.25, 0.3) is 0 Å². The van der Waals surface area contributed by atoms with Crippen LogP contribution in [0.5, 0.6) is 0 Å². The lowest BCUT2D eigenvalue weighted by molar-refractivity contribution is 0.745. The molecule has 49 heavy (non-hydrogen) atoms. The smallest absolute Gasteiger partial charge is 0.0893 e. The van der Waals surface area contributed by atoms with Gasteiger partial charge in [0.05, 0.1) is 39.6 Å². The normalized spacial score (nSPS) is 11.3. The molecule has 0 fully saturated rings.